The minimum Gasteiger partial charge on any atom is -0.349 e. The average Bonchev–Trinajstić information content (AvgIpc) is 2.84. The van der Waals surface area contributed by atoms with Gasteiger partial charge in [-0.1, -0.05) is 0 Å². The van der Waals surface area contributed by atoms with Crippen molar-refractivity contribution >= 4 is 17.7 Å². The molecule has 0 aliphatic carbocycles. The third-order valence-corrected chi connectivity index (χ3v) is 3.59. The molecule has 2 heterocycles. The minimum atomic E-state index is -0.439. The van der Waals surface area contributed by atoms with Gasteiger partial charge in [-0.25, -0.2) is 0 Å². The van der Waals surface area contributed by atoms with Crippen molar-refractivity contribution in [2.24, 2.45) is 0 Å². The number of nitrogens with zero attached hydrogens (tertiary/aromatic N) is 1. The Balaban J connectivity index is 1.89. The summed E-state index contributed by atoms with van der Waals surface area (Å²) in [5.41, 5.74) is -0.224. The Kier molecular flexibility index (Phi) is 3.52. The summed E-state index contributed by atoms with van der Waals surface area (Å²) in [7, 11) is 0. The van der Waals surface area contributed by atoms with Crippen LogP contribution in [0, 0.1) is 0 Å². The molecule has 2 unspecified atom stereocenters. The molecule has 2 N–H and O–H groups in total. The Hall–Kier alpha value is -1.59. The van der Waals surface area contributed by atoms with E-state index in [4.69, 9.17) is 0 Å². The Morgan fingerprint density at radius 3 is 2.53 bits per heavy atom. The highest BCUT2D eigenvalue weighted by atomic mass is 16.2. The van der Waals surface area contributed by atoms with Crippen LogP contribution >= 0.6 is 0 Å². The van der Waals surface area contributed by atoms with Crippen molar-refractivity contribution in [3.05, 3.63) is 0 Å². The van der Waals surface area contributed by atoms with E-state index in [2.05, 4.69) is 10.6 Å². The van der Waals surface area contributed by atoms with Gasteiger partial charge in [0.05, 0.1) is 6.04 Å². The van der Waals surface area contributed by atoms with E-state index in [-0.39, 0.29) is 29.3 Å². The van der Waals surface area contributed by atoms with Gasteiger partial charge in [0.25, 0.3) is 0 Å². The molecule has 2 aliphatic heterocycles. The second-order valence-corrected chi connectivity index (χ2v) is 6.24. The Morgan fingerprint density at radius 2 is 2.05 bits per heavy atom. The molecule has 19 heavy (non-hydrogen) atoms. The molecule has 2 rings (SSSR count). The summed E-state index contributed by atoms with van der Waals surface area (Å²) < 4.78 is 0. The summed E-state index contributed by atoms with van der Waals surface area (Å²) in [4.78, 5) is 36.7. The predicted molar refractivity (Wildman–Crippen MR) is 69.2 cm³/mol. The van der Waals surface area contributed by atoms with Gasteiger partial charge in [-0.2, -0.15) is 0 Å². The smallest absolute Gasteiger partial charge is 0.242 e. The number of likely N-dealkylation sites (tertiary alicyclic amines) is 1. The lowest BCUT2D eigenvalue weighted by molar-refractivity contribution is -0.131. The Labute approximate surface area is 112 Å². The van der Waals surface area contributed by atoms with Crippen LogP contribution in [0.2, 0.25) is 0 Å². The fraction of sp³-hybridized carbons (Fsp3) is 0.769. The van der Waals surface area contributed by atoms with Crippen LogP contribution in [-0.2, 0) is 14.4 Å². The summed E-state index contributed by atoms with van der Waals surface area (Å²) in [6.45, 7) is 6.47. The number of amides is 3. The first-order valence-electron chi connectivity index (χ1n) is 6.67. The van der Waals surface area contributed by atoms with Crippen molar-refractivity contribution < 1.29 is 14.4 Å². The third kappa shape index (κ3) is 3.05. The van der Waals surface area contributed by atoms with E-state index in [0.29, 0.717) is 25.8 Å². The molecule has 0 aromatic carbocycles. The second-order valence-electron chi connectivity index (χ2n) is 6.24. The molecule has 2 atom stereocenters. The molecule has 0 spiro atoms. The molecule has 0 aromatic heterocycles. The van der Waals surface area contributed by atoms with Crippen molar-refractivity contribution in [2.75, 3.05) is 6.54 Å². The molecule has 0 aromatic rings. The van der Waals surface area contributed by atoms with E-state index >= 15 is 0 Å². The van der Waals surface area contributed by atoms with Gasteiger partial charge in [0.15, 0.2) is 0 Å². The van der Waals surface area contributed by atoms with Gasteiger partial charge >= 0.3 is 0 Å². The lowest BCUT2D eigenvalue weighted by atomic mass is 10.1. The molecule has 2 aliphatic rings. The first-order chi connectivity index (χ1) is 8.77. The summed E-state index contributed by atoms with van der Waals surface area (Å²) in [6, 6.07) is -0.594. The first-order valence-corrected chi connectivity index (χ1v) is 6.67. The van der Waals surface area contributed by atoms with Crippen molar-refractivity contribution in [1.29, 1.82) is 0 Å². The molecular weight excluding hydrogens is 246 g/mol. The average molecular weight is 267 g/mol. The van der Waals surface area contributed by atoms with E-state index in [1.807, 2.05) is 20.8 Å². The van der Waals surface area contributed by atoms with Gasteiger partial charge in [0, 0.05) is 24.9 Å². The highest BCUT2D eigenvalue weighted by molar-refractivity contribution is 5.91. The summed E-state index contributed by atoms with van der Waals surface area (Å²) in [5.74, 6) is -0.202. The zero-order valence-corrected chi connectivity index (χ0v) is 11.7. The zero-order chi connectivity index (χ0) is 14.2. The van der Waals surface area contributed by atoms with Crippen molar-refractivity contribution in [3.63, 3.8) is 0 Å². The molecule has 0 saturated carbocycles. The maximum atomic E-state index is 12.0. The fourth-order valence-corrected chi connectivity index (χ4v) is 2.56. The van der Waals surface area contributed by atoms with E-state index in [0.717, 1.165) is 0 Å². The van der Waals surface area contributed by atoms with Crippen molar-refractivity contribution in [2.45, 2.75) is 57.7 Å². The standard InChI is InChI=1S/C13H21N3O3/c1-13(2,3)16-7-8(6-11(16)18)14-12(19)9-4-5-10(17)15-9/h8-9H,4-7H2,1-3H3,(H,14,19)(H,15,17). The lowest BCUT2D eigenvalue weighted by Crippen LogP contribution is -2.48. The van der Waals surface area contributed by atoms with E-state index in [1.54, 1.807) is 4.90 Å². The molecule has 3 amide bonds. The van der Waals surface area contributed by atoms with Crippen LogP contribution in [0.4, 0.5) is 0 Å². The normalized spacial score (nSPS) is 27.6. The SMILES string of the molecule is CC(C)(C)N1CC(NC(=O)C2CCC(=O)N2)CC1=O. The van der Waals surface area contributed by atoms with Gasteiger partial charge in [0.2, 0.25) is 17.7 Å². The molecule has 2 fully saturated rings. The summed E-state index contributed by atoms with van der Waals surface area (Å²) in [6.07, 6.45) is 1.27. The highest BCUT2D eigenvalue weighted by Gasteiger charge is 2.38. The molecular formula is C13H21N3O3. The van der Waals surface area contributed by atoms with E-state index in [1.165, 1.54) is 0 Å². The van der Waals surface area contributed by atoms with E-state index < -0.39 is 6.04 Å². The minimum absolute atomic E-state index is 0.0632. The van der Waals surface area contributed by atoms with Gasteiger partial charge in [-0.15, -0.1) is 0 Å². The monoisotopic (exact) mass is 267 g/mol. The number of hydrogen-bond donors (Lipinski definition) is 2. The number of carbonyl (C=O) groups is 3. The third-order valence-electron chi connectivity index (χ3n) is 3.59. The van der Waals surface area contributed by atoms with Crippen LogP contribution in [0.25, 0.3) is 0 Å². The van der Waals surface area contributed by atoms with Crippen molar-refractivity contribution in [1.82, 2.24) is 15.5 Å². The molecule has 0 radical (unpaired) electrons. The molecule has 0 bridgehead atoms. The maximum absolute atomic E-state index is 12.0. The largest absolute Gasteiger partial charge is 0.349 e. The number of hydrogen-bond acceptors (Lipinski definition) is 3. The first kappa shape index (κ1) is 13.8. The van der Waals surface area contributed by atoms with E-state index in [9.17, 15) is 14.4 Å². The zero-order valence-electron chi connectivity index (χ0n) is 11.7. The topological polar surface area (TPSA) is 78.5 Å². The number of rotatable bonds is 2. The molecule has 2 saturated heterocycles. The van der Waals surface area contributed by atoms with Crippen LogP contribution in [0.1, 0.15) is 40.0 Å². The van der Waals surface area contributed by atoms with Gasteiger partial charge in [-0.3, -0.25) is 14.4 Å². The maximum Gasteiger partial charge on any atom is 0.242 e. The number of carbonyl (C=O) groups excluding carboxylic acids is 3. The summed E-state index contributed by atoms with van der Waals surface area (Å²) in [5, 5.41) is 5.49. The predicted octanol–water partition coefficient (Wildman–Crippen LogP) is -0.219. The molecule has 6 nitrogen and oxygen atoms in total. The van der Waals surface area contributed by atoms with Crippen LogP contribution in [0.15, 0.2) is 0 Å². The van der Waals surface area contributed by atoms with Crippen molar-refractivity contribution in [3.8, 4) is 0 Å². The number of nitrogens with one attached hydrogen (secondary N) is 2. The fourth-order valence-electron chi connectivity index (χ4n) is 2.56. The van der Waals surface area contributed by atoms with Gasteiger partial charge in [-0.05, 0) is 27.2 Å². The van der Waals surface area contributed by atoms with Crippen LogP contribution in [-0.4, -0.2) is 46.8 Å². The van der Waals surface area contributed by atoms with Crippen LogP contribution in [0.5, 0.6) is 0 Å². The highest BCUT2D eigenvalue weighted by Crippen LogP contribution is 2.22. The van der Waals surface area contributed by atoms with Gasteiger partial charge < -0.3 is 15.5 Å². The Bertz CT molecular complexity index is 414. The lowest BCUT2D eigenvalue weighted by Gasteiger charge is -2.32. The van der Waals surface area contributed by atoms with Gasteiger partial charge in [0.1, 0.15) is 6.04 Å². The van der Waals surface area contributed by atoms with Crippen LogP contribution < -0.4 is 10.6 Å². The summed E-state index contributed by atoms with van der Waals surface area (Å²) >= 11 is 0. The quantitative estimate of drug-likeness (QED) is 0.726. The second kappa shape index (κ2) is 4.83. The molecule has 106 valence electrons. The molecule has 6 heteroatoms. The Morgan fingerprint density at radius 1 is 1.37 bits per heavy atom. The van der Waals surface area contributed by atoms with Crippen LogP contribution in [0.3, 0.4) is 0 Å².